The van der Waals surface area contributed by atoms with Crippen LogP contribution < -0.4 is 5.56 Å². The molecule has 0 aliphatic carbocycles. The third-order valence-electron chi connectivity index (χ3n) is 4.44. The summed E-state index contributed by atoms with van der Waals surface area (Å²) in [5, 5.41) is 3.75. The van der Waals surface area contributed by atoms with Crippen LogP contribution in [0.2, 0.25) is 0 Å². The van der Waals surface area contributed by atoms with Crippen molar-refractivity contribution in [1.29, 1.82) is 0 Å². The molecule has 0 amide bonds. The summed E-state index contributed by atoms with van der Waals surface area (Å²) >= 11 is 1.65. The number of hydrogen-bond donors (Lipinski definition) is 1. The Morgan fingerprint density at radius 1 is 1.00 bits per heavy atom. The van der Waals surface area contributed by atoms with Crippen molar-refractivity contribution in [3.8, 4) is 10.6 Å². The van der Waals surface area contributed by atoms with Crippen molar-refractivity contribution in [2.75, 3.05) is 6.54 Å². The zero-order chi connectivity index (χ0) is 18.6. The highest BCUT2D eigenvalue weighted by Gasteiger charge is 2.11. The van der Waals surface area contributed by atoms with Gasteiger partial charge in [0.25, 0.3) is 5.56 Å². The van der Waals surface area contributed by atoms with Gasteiger partial charge in [0.2, 0.25) is 0 Å². The molecule has 0 aliphatic rings. The third-order valence-corrected chi connectivity index (χ3v) is 5.38. The standard InChI is InChI=1S/C21H20N4OS/c1-2-25(12-16-14-27-21(22-16)15-8-4-3-5-9-15)13-19-23-18-11-7-6-10-17(18)20(26)24-19/h3-11,14H,2,12-13H2,1H3,(H,23,24,26). The number of rotatable bonds is 6. The summed E-state index contributed by atoms with van der Waals surface area (Å²) in [6.45, 7) is 4.24. The molecule has 4 rings (SSSR count). The van der Waals surface area contributed by atoms with E-state index in [-0.39, 0.29) is 5.56 Å². The van der Waals surface area contributed by atoms with E-state index in [1.165, 1.54) is 0 Å². The number of benzene rings is 2. The average Bonchev–Trinajstić information content (AvgIpc) is 3.17. The van der Waals surface area contributed by atoms with E-state index in [9.17, 15) is 4.79 Å². The average molecular weight is 376 g/mol. The highest BCUT2D eigenvalue weighted by molar-refractivity contribution is 7.13. The fourth-order valence-electron chi connectivity index (χ4n) is 3.02. The van der Waals surface area contributed by atoms with Crippen molar-refractivity contribution in [3.63, 3.8) is 0 Å². The van der Waals surface area contributed by atoms with Gasteiger partial charge in [-0.05, 0) is 18.7 Å². The minimum atomic E-state index is -0.0910. The van der Waals surface area contributed by atoms with Gasteiger partial charge in [-0.2, -0.15) is 0 Å². The Morgan fingerprint density at radius 2 is 1.78 bits per heavy atom. The van der Waals surface area contributed by atoms with Crippen LogP contribution in [0.5, 0.6) is 0 Å². The van der Waals surface area contributed by atoms with Gasteiger partial charge in [0.1, 0.15) is 10.8 Å². The summed E-state index contributed by atoms with van der Waals surface area (Å²) in [5.41, 5.74) is 2.81. The van der Waals surface area contributed by atoms with E-state index in [0.29, 0.717) is 17.8 Å². The molecule has 136 valence electrons. The van der Waals surface area contributed by atoms with Gasteiger partial charge < -0.3 is 4.98 Å². The van der Waals surface area contributed by atoms with Crippen LogP contribution in [0.25, 0.3) is 21.5 Å². The first-order valence-corrected chi connectivity index (χ1v) is 9.81. The Labute approximate surface area is 161 Å². The van der Waals surface area contributed by atoms with Gasteiger partial charge in [-0.25, -0.2) is 9.97 Å². The normalized spacial score (nSPS) is 11.3. The summed E-state index contributed by atoms with van der Waals surface area (Å²) in [7, 11) is 0. The van der Waals surface area contributed by atoms with Gasteiger partial charge in [0.05, 0.1) is 23.1 Å². The number of thiazole rings is 1. The zero-order valence-corrected chi connectivity index (χ0v) is 15.9. The second-order valence-corrected chi connectivity index (χ2v) is 7.20. The van der Waals surface area contributed by atoms with Gasteiger partial charge in [-0.1, -0.05) is 49.4 Å². The van der Waals surface area contributed by atoms with Crippen LogP contribution >= 0.6 is 11.3 Å². The fraction of sp³-hybridized carbons (Fsp3) is 0.190. The van der Waals surface area contributed by atoms with E-state index in [0.717, 1.165) is 34.9 Å². The largest absolute Gasteiger partial charge is 0.309 e. The van der Waals surface area contributed by atoms with Crippen molar-refractivity contribution in [3.05, 3.63) is 81.8 Å². The molecule has 0 saturated carbocycles. The maximum absolute atomic E-state index is 12.3. The molecule has 5 nitrogen and oxygen atoms in total. The van der Waals surface area contributed by atoms with Crippen molar-refractivity contribution in [2.45, 2.75) is 20.0 Å². The van der Waals surface area contributed by atoms with E-state index in [4.69, 9.17) is 4.98 Å². The molecular weight excluding hydrogens is 356 g/mol. The molecule has 0 atom stereocenters. The third kappa shape index (κ3) is 3.97. The van der Waals surface area contributed by atoms with Crippen molar-refractivity contribution in [1.82, 2.24) is 19.9 Å². The Bertz CT molecular complexity index is 1100. The second-order valence-electron chi connectivity index (χ2n) is 6.34. The number of H-pyrrole nitrogens is 1. The summed E-state index contributed by atoms with van der Waals surface area (Å²) in [5.74, 6) is 0.680. The zero-order valence-electron chi connectivity index (χ0n) is 15.1. The number of nitrogens with one attached hydrogen (secondary N) is 1. The second kappa shape index (κ2) is 7.82. The minimum absolute atomic E-state index is 0.0910. The van der Waals surface area contributed by atoms with Gasteiger partial charge in [0.15, 0.2) is 0 Å². The molecule has 0 unspecified atom stereocenters. The molecule has 4 aromatic rings. The smallest absolute Gasteiger partial charge is 0.258 e. The molecule has 27 heavy (non-hydrogen) atoms. The summed E-state index contributed by atoms with van der Waals surface area (Å²) in [6.07, 6.45) is 0. The van der Waals surface area contributed by atoms with Crippen LogP contribution in [0.15, 0.2) is 64.8 Å². The van der Waals surface area contributed by atoms with Gasteiger partial charge >= 0.3 is 0 Å². The number of aromatic amines is 1. The van der Waals surface area contributed by atoms with Gasteiger partial charge in [-0.3, -0.25) is 9.69 Å². The first-order chi connectivity index (χ1) is 13.2. The van der Waals surface area contributed by atoms with Crippen molar-refractivity contribution < 1.29 is 0 Å². The van der Waals surface area contributed by atoms with E-state index in [1.54, 1.807) is 17.4 Å². The lowest BCUT2D eigenvalue weighted by Crippen LogP contribution is -2.25. The maximum Gasteiger partial charge on any atom is 0.258 e. The molecular formula is C21H20N4OS. The Balaban J connectivity index is 1.52. The minimum Gasteiger partial charge on any atom is -0.309 e. The van der Waals surface area contributed by atoms with E-state index in [2.05, 4.69) is 39.3 Å². The summed E-state index contributed by atoms with van der Waals surface area (Å²) < 4.78 is 0. The van der Waals surface area contributed by atoms with Gasteiger partial charge in [-0.15, -0.1) is 11.3 Å². The van der Waals surface area contributed by atoms with Crippen LogP contribution in [0, 0.1) is 0 Å². The first kappa shape index (κ1) is 17.6. The lowest BCUT2D eigenvalue weighted by molar-refractivity contribution is 0.262. The maximum atomic E-state index is 12.3. The molecule has 2 aromatic carbocycles. The summed E-state index contributed by atoms with van der Waals surface area (Å²) in [4.78, 5) is 26.8. The number of hydrogen-bond acceptors (Lipinski definition) is 5. The van der Waals surface area contributed by atoms with Crippen LogP contribution in [0.4, 0.5) is 0 Å². The molecule has 6 heteroatoms. The molecule has 0 saturated heterocycles. The highest BCUT2D eigenvalue weighted by atomic mass is 32.1. The predicted octanol–water partition coefficient (Wildman–Crippen LogP) is 4.07. The van der Waals surface area contributed by atoms with Gasteiger partial charge in [0, 0.05) is 17.5 Å². The van der Waals surface area contributed by atoms with E-state index < -0.39 is 0 Å². The van der Waals surface area contributed by atoms with Crippen molar-refractivity contribution in [2.24, 2.45) is 0 Å². The van der Waals surface area contributed by atoms with Crippen LogP contribution in [0.1, 0.15) is 18.4 Å². The number of fused-ring (bicyclic) bond motifs is 1. The van der Waals surface area contributed by atoms with E-state index in [1.807, 2.05) is 36.4 Å². The molecule has 2 aromatic heterocycles. The monoisotopic (exact) mass is 376 g/mol. The molecule has 2 heterocycles. The first-order valence-electron chi connectivity index (χ1n) is 8.93. The van der Waals surface area contributed by atoms with Crippen LogP contribution in [-0.2, 0) is 13.1 Å². The Morgan fingerprint density at radius 3 is 2.59 bits per heavy atom. The Hall–Kier alpha value is -2.83. The molecule has 0 fully saturated rings. The molecule has 0 bridgehead atoms. The van der Waals surface area contributed by atoms with E-state index >= 15 is 0 Å². The lowest BCUT2D eigenvalue weighted by atomic mass is 10.2. The number of para-hydroxylation sites is 1. The molecule has 0 spiro atoms. The van der Waals surface area contributed by atoms with Crippen molar-refractivity contribution >= 4 is 22.2 Å². The Kier molecular flexibility index (Phi) is 5.09. The summed E-state index contributed by atoms with van der Waals surface area (Å²) in [6, 6.07) is 17.6. The molecule has 0 aliphatic heterocycles. The quantitative estimate of drug-likeness (QED) is 0.551. The SMILES string of the molecule is CCN(Cc1csc(-c2ccccc2)n1)Cc1nc2ccccc2c(=O)[nH]1. The lowest BCUT2D eigenvalue weighted by Gasteiger charge is -2.18. The van der Waals surface area contributed by atoms with Crippen LogP contribution in [-0.4, -0.2) is 26.4 Å². The van der Waals surface area contributed by atoms with Crippen LogP contribution in [0.3, 0.4) is 0 Å². The highest BCUT2D eigenvalue weighted by Crippen LogP contribution is 2.24. The fourth-order valence-corrected chi connectivity index (χ4v) is 3.84. The predicted molar refractivity (Wildman–Crippen MR) is 110 cm³/mol. The molecule has 0 radical (unpaired) electrons. The number of aromatic nitrogens is 3. The topological polar surface area (TPSA) is 61.9 Å². The molecule has 1 N–H and O–H groups in total. The number of nitrogens with zero attached hydrogens (tertiary/aromatic N) is 3.